The minimum absolute atomic E-state index is 0. The third-order valence-electron chi connectivity index (χ3n) is 4.54. The first-order chi connectivity index (χ1) is 12.8. The quantitative estimate of drug-likeness (QED) is 0.357. The number of ether oxygens (including phenoxy) is 2. The predicted molar refractivity (Wildman–Crippen MR) is 114 cm³/mol. The van der Waals surface area contributed by atoms with Gasteiger partial charge in [-0.15, -0.1) is 12.4 Å². The van der Waals surface area contributed by atoms with Crippen molar-refractivity contribution in [3.05, 3.63) is 77.3 Å². The average molecular weight is 441 g/mol. The SMILES string of the molecule is Brc1c(-c2ccc3c(c2)OCO3)nc2ccccc2c1-c1ccccc1.Cl. The van der Waals surface area contributed by atoms with E-state index in [1.54, 1.807) is 0 Å². The average Bonchev–Trinajstić information content (AvgIpc) is 3.16. The van der Waals surface area contributed by atoms with E-state index >= 15 is 0 Å². The Kier molecular flexibility index (Phi) is 4.77. The number of para-hydroxylation sites is 1. The summed E-state index contributed by atoms with van der Waals surface area (Å²) in [5, 5.41) is 1.12. The Morgan fingerprint density at radius 1 is 0.778 bits per heavy atom. The van der Waals surface area contributed by atoms with Crippen LogP contribution in [0.5, 0.6) is 11.5 Å². The number of pyridine rings is 1. The van der Waals surface area contributed by atoms with Crippen LogP contribution in [-0.2, 0) is 0 Å². The van der Waals surface area contributed by atoms with Gasteiger partial charge < -0.3 is 9.47 Å². The van der Waals surface area contributed by atoms with Crippen LogP contribution in [0.1, 0.15) is 0 Å². The minimum Gasteiger partial charge on any atom is -0.454 e. The molecule has 1 aromatic heterocycles. The molecule has 0 fully saturated rings. The molecule has 0 aliphatic carbocycles. The minimum atomic E-state index is 0. The number of hydrogen-bond donors (Lipinski definition) is 0. The molecule has 5 rings (SSSR count). The number of fused-ring (bicyclic) bond motifs is 2. The molecule has 0 N–H and O–H groups in total. The van der Waals surface area contributed by atoms with Crippen LogP contribution in [0.15, 0.2) is 77.3 Å². The second-order valence-corrected chi connectivity index (χ2v) is 6.89. The van der Waals surface area contributed by atoms with E-state index in [0.29, 0.717) is 0 Å². The van der Waals surface area contributed by atoms with Gasteiger partial charge in [-0.2, -0.15) is 0 Å². The lowest BCUT2D eigenvalue weighted by molar-refractivity contribution is 0.174. The maximum Gasteiger partial charge on any atom is 0.231 e. The highest BCUT2D eigenvalue weighted by atomic mass is 79.9. The zero-order valence-corrected chi connectivity index (χ0v) is 16.6. The van der Waals surface area contributed by atoms with E-state index in [1.807, 2.05) is 42.5 Å². The van der Waals surface area contributed by atoms with Crippen molar-refractivity contribution in [3.63, 3.8) is 0 Å². The Morgan fingerprint density at radius 2 is 1.52 bits per heavy atom. The van der Waals surface area contributed by atoms with Crippen molar-refractivity contribution in [2.45, 2.75) is 0 Å². The Labute approximate surface area is 171 Å². The standard InChI is InChI=1S/C22H14BrNO2.ClH/c23-21-20(14-6-2-1-3-7-14)16-8-4-5-9-17(16)24-22(21)15-10-11-18-19(12-15)26-13-25-18;/h1-12H,13H2;1H. The lowest BCUT2D eigenvalue weighted by atomic mass is 9.98. The molecule has 0 atom stereocenters. The maximum absolute atomic E-state index is 5.54. The van der Waals surface area contributed by atoms with Gasteiger partial charge in [0.25, 0.3) is 0 Å². The summed E-state index contributed by atoms with van der Waals surface area (Å²) in [5.74, 6) is 1.53. The molecule has 0 unspecified atom stereocenters. The van der Waals surface area contributed by atoms with Gasteiger partial charge in [-0.25, -0.2) is 4.98 Å². The predicted octanol–water partition coefficient (Wildman–Crippen LogP) is 6.48. The Bertz CT molecular complexity index is 1130. The van der Waals surface area contributed by atoms with E-state index in [2.05, 4.69) is 46.3 Å². The van der Waals surface area contributed by atoms with Crippen LogP contribution in [0.2, 0.25) is 0 Å². The molecule has 0 bridgehead atoms. The fourth-order valence-electron chi connectivity index (χ4n) is 3.31. The first kappa shape index (κ1) is 17.8. The molecule has 0 radical (unpaired) electrons. The highest BCUT2D eigenvalue weighted by Gasteiger charge is 2.19. The first-order valence-electron chi connectivity index (χ1n) is 8.35. The lowest BCUT2D eigenvalue weighted by Gasteiger charge is -2.14. The molecule has 4 aromatic rings. The second kappa shape index (κ2) is 7.22. The van der Waals surface area contributed by atoms with Gasteiger partial charge in [0.15, 0.2) is 11.5 Å². The van der Waals surface area contributed by atoms with Crippen molar-refractivity contribution in [2.75, 3.05) is 6.79 Å². The van der Waals surface area contributed by atoms with Gasteiger partial charge in [0, 0.05) is 16.5 Å². The fraction of sp³-hybridized carbons (Fsp3) is 0.0455. The van der Waals surface area contributed by atoms with E-state index in [1.165, 1.54) is 0 Å². The van der Waals surface area contributed by atoms with E-state index in [9.17, 15) is 0 Å². The Morgan fingerprint density at radius 3 is 2.37 bits per heavy atom. The van der Waals surface area contributed by atoms with Crippen molar-refractivity contribution in [2.24, 2.45) is 0 Å². The number of rotatable bonds is 2. The normalized spacial score (nSPS) is 12.0. The van der Waals surface area contributed by atoms with E-state index < -0.39 is 0 Å². The van der Waals surface area contributed by atoms with Crippen molar-refractivity contribution >= 4 is 39.2 Å². The molecule has 3 aromatic carbocycles. The second-order valence-electron chi connectivity index (χ2n) is 6.10. The summed E-state index contributed by atoms with van der Waals surface area (Å²) in [6, 6.07) is 24.5. The Hall–Kier alpha value is -2.56. The van der Waals surface area contributed by atoms with Crippen LogP contribution in [0.4, 0.5) is 0 Å². The third-order valence-corrected chi connectivity index (χ3v) is 5.31. The number of aromatic nitrogens is 1. The first-order valence-corrected chi connectivity index (χ1v) is 9.14. The van der Waals surface area contributed by atoms with Crippen molar-refractivity contribution in [3.8, 4) is 33.9 Å². The van der Waals surface area contributed by atoms with E-state index in [-0.39, 0.29) is 19.2 Å². The summed E-state index contributed by atoms with van der Waals surface area (Å²) in [6.45, 7) is 0.264. The van der Waals surface area contributed by atoms with Crippen LogP contribution in [-0.4, -0.2) is 11.8 Å². The third kappa shape index (κ3) is 3.05. The van der Waals surface area contributed by atoms with Gasteiger partial charge in [0.1, 0.15) is 0 Å². The smallest absolute Gasteiger partial charge is 0.231 e. The molecule has 0 saturated carbocycles. The van der Waals surface area contributed by atoms with Gasteiger partial charge in [-0.1, -0.05) is 48.5 Å². The van der Waals surface area contributed by atoms with E-state index in [4.69, 9.17) is 14.5 Å². The topological polar surface area (TPSA) is 31.4 Å². The highest BCUT2D eigenvalue weighted by molar-refractivity contribution is 9.10. The molecule has 0 saturated heterocycles. The van der Waals surface area contributed by atoms with Crippen LogP contribution in [0, 0.1) is 0 Å². The van der Waals surface area contributed by atoms with Crippen LogP contribution in [0.3, 0.4) is 0 Å². The summed E-state index contributed by atoms with van der Waals surface area (Å²) < 4.78 is 11.9. The molecule has 1 aliphatic rings. The number of hydrogen-bond acceptors (Lipinski definition) is 3. The molecule has 3 nitrogen and oxygen atoms in total. The molecule has 27 heavy (non-hydrogen) atoms. The highest BCUT2D eigenvalue weighted by Crippen LogP contribution is 2.42. The molecule has 0 spiro atoms. The van der Waals surface area contributed by atoms with Gasteiger partial charge >= 0.3 is 0 Å². The monoisotopic (exact) mass is 439 g/mol. The van der Waals surface area contributed by atoms with Crippen LogP contribution in [0.25, 0.3) is 33.3 Å². The maximum atomic E-state index is 5.54. The summed E-state index contributed by atoms with van der Waals surface area (Å²) in [6.07, 6.45) is 0. The molecule has 2 heterocycles. The molecule has 0 amide bonds. The summed E-state index contributed by atoms with van der Waals surface area (Å²) in [7, 11) is 0. The molecular formula is C22H15BrClNO2. The number of benzene rings is 3. The Balaban J connectivity index is 0.00000180. The summed E-state index contributed by atoms with van der Waals surface area (Å²) in [5.41, 5.74) is 5.14. The summed E-state index contributed by atoms with van der Waals surface area (Å²) in [4.78, 5) is 4.91. The largest absolute Gasteiger partial charge is 0.454 e. The summed E-state index contributed by atoms with van der Waals surface area (Å²) >= 11 is 3.82. The molecule has 134 valence electrons. The number of halogens is 2. The zero-order chi connectivity index (χ0) is 17.5. The van der Waals surface area contributed by atoms with E-state index in [0.717, 1.165) is 49.3 Å². The van der Waals surface area contributed by atoms with Gasteiger partial charge in [-0.05, 0) is 45.8 Å². The van der Waals surface area contributed by atoms with Crippen LogP contribution < -0.4 is 9.47 Å². The fourth-order valence-corrected chi connectivity index (χ4v) is 4.07. The van der Waals surface area contributed by atoms with Crippen molar-refractivity contribution < 1.29 is 9.47 Å². The van der Waals surface area contributed by atoms with Crippen LogP contribution >= 0.6 is 28.3 Å². The lowest BCUT2D eigenvalue weighted by Crippen LogP contribution is -1.93. The number of nitrogens with zero attached hydrogens (tertiary/aromatic N) is 1. The molecule has 1 aliphatic heterocycles. The van der Waals surface area contributed by atoms with Gasteiger partial charge in [0.05, 0.1) is 15.7 Å². The van der Waals surface area contributed by atoms with Crippen molar-refractivity contribution in [1.29, 1.82) is 0 Å². The van der Waals surface area contributed by atoms with Gasteiger partial charge in [0.2, 0.25) is 6.79 Å². The zero-order valence-electron chi connectivity index (χ0n) is 14.2. The van der Waals surface area contributed by atoms with Gasteiger partial charge in [-0.3, -0.25) is 0 Å². The van der Waals surface area contributed by atoms with Crippen molar-refractivity contribution in [1.82, 2.24) is 4.98 Å². The molecule has 5 heteroatoms. The molecular weight excluding hydrogens is 426 g/mol.